The summed E-state index contributed by atoms with van der Waals surface area (Å²) in [5.74, 6) is 0.0967. The molecule has 1 N–H and O–H groups in total. The molecule has 0 aliphatic carbocycles. The molecular weight excluding hydrogens is 322 g/mol. The molecule has 26 heavy (non-hydrogen) atoms. The Hall–Kier alpha value is -2.88. The van der Waals surface area contributed by atoms with Gasteiger partial charge in [0, 0.05) is 25.1 Å². The molecule has 0 aliphatic rings. The van der Waals surface area contributed by atoms with Gasteiger partial charge in [-0.2, -0.15) is 0 Å². The second-order valence-corrected chi connectivity index (χ2v) is 6.47. The summed E-state index contributed by atoms with van der Waals surface area (Å²) in [6, 6.07) is 18.5. The van der Waals surface area contributed by atoms with Crippen molar-refractivity contribution in [3.8, 4) is 0 Å². The third-order valence-electron chi connectivity index (χ3n) is 4.76. The van der Waals surface area contributed by atoms with Gasteiger partial charge in [-0.25, -0.2) is 4.98 Å². The minimum Gasteiger partial charge on any atom is -0.350 e. The molecule has 3 aromatic rings. The third-order valence-corrected chi connectivity index (χ3v) is 4.76. The monoisotopic (exact) mass is 347 g/mol. The maximum Gasteiger partial charge on any atom is 0.221 e. The fourth-order valence-electron chi connectivity index (χ4n) is 3.30. The van der Waals surface area contributed by atoms with E-state index in [9.17, 15) is 4.79 Å². The van der Waals surface area contributed by atoms with Gasteiger partial charge in [0.1, 0.15) is 0 Å². The van der Waals surface area contributed by atoms with Gasteiger partial charge in [-0.1, -0.05) is 54.6 Å². The Labute approximate surface area is 154 Å². The summed E-state index contributed by atoms with van der Waals surface area (Å²) >= 11 is 0. The summed E-state index contributed by atoms with van der Waals surface area (Å²) in [6.07, 6.45) is 4.02. The number of hydrogen-bond donors (Lipinski definition) is 1. The molecule has 0 spiro atoms. The minimum atomic E-state index is 0.0472. The highest BCUT2D eigenvalue weighted by Gasteiger charge is 2.19. The van der Waals surface area contributed by atoms with E-state index in [0.29, 0.717) is 13.0 Å². The quantitative estimate of drug-likeness (QED) is 0.701. The fourth-order valence-corrected chi connectivity index (χ4v) is 3.30. The largest absolute Gasteiger partial charge is 0.350 e. The fraction of sp³-hybridized carbons (Fsp3) is 0.273. The summed E-state index contributed by atoms with van der Waals surface area (Å²) in [7, 11) is 0. The second-order valence-electron chi connectivity index (χ2n) is 6.47. The van der Waals surface area contributed by atoms with Crippen molar-refractivity contribution in [2.75, 3.05) is 0 Å². The maximum absolute atomic E-state index is 12.7. The summed E-state index contributed by atoms with van der Waals surface area (Å²) < 4.78 is 2.04. The molecule has 0 saturated carbocycles. The van der Waals surface area contributed by atoms with Gasteiger partial charge >= 0.3 is 0 Å². The number of carbonyl (C=O) groups excluding carboxylic acids is 1. The summed E-state index contributed by atoms with van der Waals surface area (Å²) in [5, 5.41) is 3.05. The van der Waals surface area contributed by atoms with Crippen LogP contribution in [0.1, 0.15) is 41.6 Å². The Morgan fingerprint density at radius 3 is 2.58 bits per heavy atom. The molecule has 4 heteroatoms. The maximum atomic E-state index is 12.7. The van der Waals surface area contributed by atoms with Crippen molar-refractivity contribution in [1.29, 1.82) is 0 Å². The number of amides is 1. The average Bonchev–Trinajstić information content (AvgIpc) is 3.13. The number of imidazole rings is 1. The standard InChI is InChI=1S/C22H25N3O/c1-3-25-16-23-14-19(25)15-24-22(26)13-21(18-10-5-4-6-11-18)20-12-8-7-9-17(20)2/h4-12,14,16,21H,3,13,15H2,1-2H3,(H,24,26)/t21-/m0/s1. The van der Waals surface area contributed by atoms with Gasteiger partial charge < -0.3 is 9.88 Å². The Morgan fingerprint density at radius 1 is 1.12 bits per heavy atom. The van der Waals surface area contributed by atoms with Gasteiger partial charge in [-0.15, -0.1) is 0 Å². The molecule has 0 aliphatic heterocycles. The van der Waals surface area contributed by atoms with Crippen LogP contribution in [0.2, 0.25) is 0 Å². The van der Waals surface area contributed by atoms with Crippen molar-refractivity contribution >= 4 is 5.91 Å². The zero-order chi connectivity index (χ0) is 18.4. The summed E-state index contributed by atoms with van der Waals surface area (Å²) in [6.45, 7) is 5.52. The number of aromatic nitrogens is 2. The van der Waals surface area contributed by atoms with Gasteiger partial charge in [-0.3, -0.25) is 4.79 Å². The zero-order valence-electron chi connectivity index (χ0n) is 15.4. The van der Waals surface area contributed by atoms with Gasteiger partial charge in [0.05, 0.1) is 18.6 Å². The number of hydrogen-bond acceptors (Lipinski definition) is 2. The van der Waals surface area contributed by atoms with Crippen molar-refractivity contribution in [2.24, 2.45) is 0 Å². The average molecular weight is 347 g/mol. The van der Waals surface area contributed by atoms with Crippen molar-refractivity contribution < 1.29 is 4.79 Å². The van der Waals surface area contributed by atoms with Crippen molar-refractivity contribution in [2.45, 2.75) is 39.3 Å². The SMILES string of the molecule is CCn1cncc1CNC(=O)C[C@@H](c1ccccc1)c1ccccc1C. The third kappa shape index (κ3) is 4.20. The molecule has 0 fully saturated rings. The Balaban J connectivity index is 1.76. The lowest BCUT2D eigenvalue weighted by molar-refractivity contribution is -0.121. The van der Waals surface area contributed by atoms with E-state index in [4.69, 9.17) is 0 Å². The first-order valence-corrected chi connectivity index (χ1v) is 9.05. The number of nitrogens with zero attached hydrogens (tertiary/aromatic N) is 2. The molecule has 1 atom stereocenters. The predicted molar refractivity (Wildman–Crippen MR) is 104 cm³/mol. The van der Waals surface area contributed by atoms with E-state index in [2.05, 4.69) is 48.4 Å². The molecule has 1 heterocycles. The van der Waals surface area contributed by atoms with Crippen molar-refractivity contribution in [1.82, 2.24) is 14.9 Å². The molecule has 0 saturated heterocycles. The van der Waals surface area contributed by atoms with Crippen LogP contribution in [0.4, 0.5) is 0 Å². The summed E-state index contributed by atoms with van der Waals surface area (Å²) in [4.78, 5) is 16.8. The molecule has 134 valence electrons. The van der Waals surface area contributed by atoms with E-state index in [-0.39, 0.29) is 11.8 Å². The molecule has 3 rings (SSSR count). The highest BCUT2D eigenvalue weighted by Crippen LogP contribution is 2.30. The van der Waals surface area contributed by atoms with E-state index in [1.54, 1.807) is 12.5 Å². The van der Waals surface area contributed by atoms with Crippen molar-refractivity contribution in [3.05, 3.63) is 89.5 Å². The van der Waals surface area contributed by atoms with Crippen LogP contribution in [0.15, 0.2) is 67.1 Å². The van der Waals surface area contributed by atoms with E-state index in [1.807, 2.05) is 34.9 Å². The van der Waals surface area contributed by atoms with E-state index in [0.717, 1.165) is 17.8 Å². The Kier molecular flexibility index (Phi) is 5.84. The number of rotatable bonds is 7. The predicted octanol–water partition coefficient (Wildman–Crippen LogP) is 4.05. The summed E-state index contributed by atoms with van der Waals surface area (Å²) in [5.41, 5.74) is 4.59. The van der Waals surface area contributed by atoms with Crippen LogP contribution >= 0.6 is 0 Å². The van der Waals surface area contributed by atoms with Crippen LogP contribution in [0.3, 0.4) is 0 Å². The number of benzene rings is 2. The molecule has 4 nitrogen and oxygen atoms in total. The van der Waals surface area contributed by atoms with Crippen LogP contribution in [0, 0.1) is 6.92 Å². The van der Waals surface area contributed by atoms with Crippen LogP contribution in [-0.2, 0) is 17.9 Å². The lowest BCUT2D eigenvalue weighted by Gasteiger charge is -2.20. The first-order valence-electron chi connectivity index (χ1n) is 9.05. The first kappa shape index (κ1) is 17.9. The number of nitrogens with one attached hydrogen (secondary N) is 1. The second kappa shape index (κ2) is 8.48. The molecule has 0 radical (unpaired) electrons. The van der Waals surface area contributed by atoms with Crippen LogP contribution in [-0.4, -0.2) is 15.5 Å². The first-order chi connectivity index (χ1) is 12.7. The lowest BCUT2D eigenvalue weighted by atomic mass is 9.86. The van der Waals surface area contributed by atoms with E-state index >= 15 is 0 Å². The van der Waals surface area contributed by atoms with Crippen molar-refractivity contribution in [3.63, 3.8) is 0 Å². The Bertz CT molecular complexity index is 855. The molecule has 1 aromatic heterocycles. The molecular formula is C22H25N3O. The van der Waals surface area contributed by atoms with Crippen LogP contribution in [0.5, 0.6) is 0 Å². The lowest BCUT2D eigenvalue weighted by Crippen LogP contribution is -2.26. The van der Waals surface area contributed by atoms with Gasteiger partial charge in [-0.05, 0) is 30.5 Å². The normalized spacial score (nSPS) is 11.9. The van der Waals surface area contributed by atoms with Gasteiger partial charge in [0.2, 0.25) is 5.91 Å². The Morgan fingerprint density at radius 2 is 1.85 bits per heavy atom. The van der Waals surface area contributed by atoms with Gasteiger partial charge in [0.25, 0.3) is 0 Å². The molecule has 1 amide bonds. The molecule has 0 bridgehead atoms. The highest BCUT2D eigenvalue weighted by atomic mass is 16.1. The number of aryl methyl sites for hydroxylation is 2. The van der Waals surface area contributed by atoms with E-state index in [1.165, 1.54) is 11.1 Å². The topological polar surface area (TPSA) is 46.9 Å². The highest BCUT2D eigenvalue weighted by molar-refractivity contribution is 5.77. The molecule has 2 aromatic carbocycles. The zero-order valence-corrected chi connectivity index (χ0v) is 15.4. The molecule has 0 unspecified atom stereocenters. The van der Waals surface area contributed by atoms with Crippen LogP contribution in [0.25, 0.3) is 0 Å². The number of carbonyl (C=O) groups is 1. The van der Waals surface area contributed by atoms with Crippen LogP contribution < -0.4 is 5.32 Å². The minimum absolute atomic E-state index is 0.0472. The van der Waals surface area contributed by atoms with E-state index < -0.39 is 0 Å². The van der Waals surface area contributed by atoms with Gasteiger partial charge in [0.15, 0.2) is 0 Å². The smallest absolute Gasteiger partial charge is 0.221 e.